The van der Waals surface area contributed by atoms with Crippen molar-refractivity contribution in [3.63, 3.8) is 0 Å². The lowest BCUT2D eigenvalue weighted by molar-refractivity contribution is 0.0934. The number of aromatic hydroxyl groups is 2. The fourth-order valence-corrected chi connectivity index (χ4v) is 2.05. The molecule has 5 nitrogen and oxygen atoms in total. The Kier molecular flexibility index (Phi) is 4.17. The number of carbonyl (C=O) groups excluding carboxylic acids is 1. The van der Waals surface area contributed by atoms with Gasteiger partial charge in [0.1, 0.15) is 0 Å². The van der Waals surface area contributed by atoms with Crippen LogP contribution in [0.3, 0.4) is 0 Å². The van der Waals surface area contributed by atoms with E-state index in [4.69, 9.17) is 0 Å². The van der Waals surface area contributed by atoms with Gasteiger partial charge in [0.05, 0.1) is 6.54 Å². The first-order valence-corrected chi connectivity index (χ1v) is 6.15. The molecule has 2 rings (SSSR count). The number of phenols is 2. The zero-order chi connectivity index (χ0) is 13.0. The van der Waals surface area contributed by atoms with Crippen LogP contribution in [0.25, 0.3) is 0 Å². The largest absolute Gasteiger partial charge is 0.504 e. The summed E-state index contributed by atoms with van der Waals surface area (Å²) in [6.07, 6.45) is 1.04. The molecule has 18 heavy (non-hydrogen) atoms. The summed E-state index contributed by atoms with van der Waals surface area (Å²) in [5.74, 6) is -0.490. The smallest absolute Gasteiger partial charge is 0.176 e. The van der Waals surface area contributed by atoms with E-state index in [9.17, 15) is 15.0 Å². The molecule has 5 heteroatoms. The first-order valence-electron chi connectivity index (χ1n) is 6.15. The summed E-state index contributed by atoms with van der Waals surface area (Å²) in [5.41, 5.74) is 0.433. The van der Waals surface area contributed by atoms with E-state index in [1.54, 1.807) is 0 Å². The van der Waals surface area contributed by atoms with Crippen molar-refractivity contribution in [3.05, 3.63) is 23.8 Å². The molecule has 0 spiro atoms. The Balaban J connectivity index is 1.99. The number of nitrogens with one attached hydrogen (secondary N) is 1. The van der Waals surface area contributed by atoms with Gasteiger partial charge in [-0.15, -0.1) is 0 Å². The van der Waals surface area contributed by atoms with Gasteiger partial charge >= 0.3 is 0 Å². The summed E-state index contributed by atoms with van der Waals surface area (Å²) in [4.78, 5) is 14.1. The molecular weight excluding hydrogens is 232 g/mol. The Morgan fingerprint density at radius 1 is 1.22 bits per heavy atom. The van der Waals surface area contributed by atoms with Gasteiger partial charge in [-0.25, -0.2) is 0 Å². The fraction of sp³-hybridized carbons (Fsp3) is 0.462. The van der Waals surface area contributed by atoms with Crippen LogP contribution < -0.4 is 5.32 Å². The summed E-state index contributed by atoms with van der Waals surface area (Å²) in [5, 5.41) is 21.9. The standard InChI is InChI=1S/C13H18N2O3/c16-11-3-2-10(8-12(11)17)13(18)9-15-6-1-4-14-5-7-15/h2-3,8,14,16-17H,1,4-7,9H2. The highest BCUT2D eigenvalue weighted by Gasteiger charge is 2.15. The van der Waals surface area contributed by atoms with E-state index < -0.39 is 0 Å². The molecule has 1 fully saturated rings. The number of hydrogen-bond acceptors (Lipinski definition) is 5. The quantitative estimate of drug-likeness (QED) is 0.540. The fourth-order valence-electron chi connectivity index (χ4n) is 2.05. The van der Waals surface area contributed by atoms with Crippen LogP contribution >= 0.6 is 0 Å². The lowest BCUT2D eigenvalue weighted by Crippen LogP contribution is -2.33. The molecule has 0 bridgehead atoms. The van der Waals surface area contributed by atoms with Gasteiger partial charge in [-0.05, 0) is 37.7 Å². The lowest BCUT2D eigenvalue weighted by atomic mass is 10.1. The Hall–Kier alpha value is -1.59. The van der Waals surface area contributed by atoms with Crippen LogP contribution in [0.15, 0.2) is 18.2 Å². The van der Waals surface area contributed by atoms with Gasteiger partial charge in [0.15, 0.2) is 17.3 Å². The second kappa shape index (κ2) is 5.84. The molecule has 1 heterocycles. The van der Waals surface area contributed by atoms with Crippen molar-refractivity contribution in [2.24, 2.45) is 0 Å². The predicted molar refractivity (Wildman–Crippen MR) is 68.0 cm³/mol. The number of phenolic OH excluding ortho intramolecular Hbond substituents is 2. The molecular formula is C13H18N2O3. The average molecular weight is 250 g/mol. The summed E-state index contributed by atoms with van der Waals surface area (Å²) in [6.45, 7) is 4.00. The van der Waals surface area contributed by atoms with E-state index in [1.165, 1.54) is 18.2 Å². The van der Waals surface area contributed by atoms with Crippen LogP contribution in [0.4, 0.5) is 0 Å². The second-order valence-corrected chi connectivity index (χ2v) is 4.51. The van der Waals surface area contributed by atoms with E-state index in [2.05, 4.69) is 10.2 Å². The van der Waals surface area contributed by atoms with Gasteiger partial charge in [-0.1, -0.05) is 0 Å². The summed E-state index contributed by atoms with van der Waals surface area (Å²) < 4.78 is 0. The van der Waals surface area contributed by atoms with Crippen molar-refractivity contribution in [2.75, 3.05) is 32.7 Å². The summed E-state index contributed by atoms with van der Waals surface area (Å²) in [6, 6.07) is 4.19. The summed E-state index contributed by atoms with van der Waals surface area (Å²) in [7, 11) is 0. The number of benzene rings is 1. The maximum absolute atomic E-state index is 12.0. The van der Waals surface area contributed by atoms with Crippen LogP contribution in [0, 0.1) is 0 Å². The van der Waals surface area contributed by atoms with Gasteiger partial charge in [-0.2, -0.15) is 0 Å². The molecule has 1 aromatic carbocycles. The van der Waals surface area contributed by atoms with Crippen molar-refractivity contribution in [3.8, 4) is 11.5 Å². The first-order chi connectivity index (χ1) is 8.66. The second-order valence-electron chi connectivity index (χ2n) is 4.51. The van der Waals surface area contributed by atoms with Crippen LogP contribution in [-0.2, 0) is 0 Å². The SMILES string of the molecule is O=C(CN1CCCNCC1)c1ccc(O)c(O)c1. The third-order valence-electron chi connectivity index (χ3n) is 3.10. The number of hydrogen-bond donors (Lipinski definition) is 3. The van der Waals surface area contributed by atoms with Gasteiger partial charge in [0.2, 0.25) is 0 Å². The Bertz CT molecular complexity index is 426. The maximum Gasteiger partial charge on any atom is 0.176 e. The van der Waals surface area contributed by atoms with E-state index in [-0.39, 0.29) is 17.3 Å². The average Bonchev–Trinajstić information content (AvgIpc) is 2.61. The molecule has 98 valence electrons. The molecule has 0 atom stereocenters. The van der Waals surface area contributed by atoms with Crippen molar-refractivity contribution in [1.82, 2.24) is 10.2 Å². The lowest BCUT2D eigenvalue weighted by Gasteiger charge is -2.18. The highest BCUT2D eigenvalue weighted by atomic mass is 16.3. The van der Waals surface area contributed by atoms with Gasteiger partial charge in [-0.3, -0.25) is 9.69 Å². The van der Waals surface area contributed by atoms with E-state index >= 15 is 0 Å². The number of rotatable bonds is 3. The molecule has 3 N–H and O–H groups in total. The third kappa shape index (κ3) is 3.21. The molecule has 1 aliphatic rings. The van der Waals surface area contributed by atoms with Crippen LogP contribution in [0.2, 0.25) is 0 Å². The Labute approximate surface area is 106 Å². The molecule has 1 saturated heterocycles. The van der Waals surface area contributed by atoms with Gasteiger partial charge < -0.3 is 15.5 Å². The molecule has 0 radical (unpaired) electrons. The van der Waals surface area contributed by atoms with Crippen LogP contribution in [0.1, 0.15) is 16.8 Å². The summed E-state index contributed by atoms with van der Waals surface area (Å²) >= 11 is 0. The zero-order valence-electron chi connectivity index (χ0n) is 10.2. The minimum atomic E-state index is -0.251. The minimum absolute atomic E-state index is 0.0350. The van der Waals surface area contributed by atoms with Gasteiger partial charge in [0.25, 0.3) is 0 Å². The maximum atomic E-state index is 12.0. The highest BCUT2D eigenvalue weighted by molar-refractivity contribution is 5.98. The molecule has 0 unspecified atom stereocenters. The molecule has 1 aliphatic heterocycles. The molecule has 0 amide bonds. The number of carbonyl (C=O) groups is 1. The third-order valence-corrected chi connectivity index (χ3v) is 3.10. The topological polar surface area (TPSA) is 72.8 Å². The van der Waals surface area contributed by atoms with Crippen molar-refractivity contribution in [1.29, 1.82) is 0 Å². The van der Waals surface area contributed by atoms with Gasteiger partial charge in [0, 0.05) is 18.7 Å². The number of Topliss-reactive ketones (excluding diaryl/α,β-unsaturated/α-hetero) is 1. The van der Waals surface area contributed by atoms with Crippen molar-refractivity contribution in [2.45, 2.75) is 6.42 Å². The van der Waals surface area contributed by atoms with Crippen molar-refractivity contribution >= 4 is 5.78 Å². The van der Waals surface area contributed by atoms with Crippen LogP contribution in [0.5, 0.6) is 11.5 Å². The zero-order valence-corrected chi connectivity index (χ0v) is 10.2. The van der Waals surface area contributed by atoms with E-state index in [1.807, 2.05) is 0 Å². The molecule has 0 saturated carbocycles. The van der Waals surface area contributed by atoms with Crippen molar-refractivity contribution < 1.29 is 15.0 Å². The van der Waals surface area contributed by atoms with Crippen LogP contribution in [-0.4, -0.2) is 53.6 Å². The molecule has 1 aromatic rings. The first kappa shape index (κ1) is 12.9. The molecule has 0 aromatic heterocycles. The number of ketones is 1. The Morgan fingerprint density at radius 3 is 2.83 bits per heavy atom. The minimum Gasteiger partial charge on any atom is -0.504 e. The van der Waals surface area contributed by atoms with E-state index in [0.29, 0.717) is 12.1 Å². The number of nitrogens with zero attached hydrogens (tertiary/aromatic N) is 1. The normalized spacial score (nSPS) is 17.3. The Morgan fingerprint density at radius 2 is 2.06 bits per heavy atom. The molecule has 0 aliphatic carbocycles. The highest BCUT2D eigenvalue weighted by Crippen LogP contribution is 2.25. The monoisotopic (exact) mass is 250 g/mol. The van der Waals surface area contributed by atoms with E-state index in [0.717, 1.165) is 32.6 Å². The predicted octanol–water partition coefficient (Wildman–Crippen LogP) is 0.576.